The summed E-state index contributed by atoms with van der Waals surface area (Å²) in [5.74, 6) is 2.60. The average molecular weight is 400 g/mol. The lowest BCUT2D eigenvalue weighted by Crippen LogP contribution is -2.28. The molecule has 1 aliphatic heterocycles. The summed E-state index contributed by atoms with van der Waals surface area (Å²) in [5, 5.41) is 7.83. The molecule has 28 heavy (non-hydrogen) atoms. The van der Waals surface area contributed by atoms with Crippen LogP contribution in [-0.2, 0) is 27.1 Å². The zero-order chi connectivity index (χ0) is 19.5. The maximum atomic E-state index is 13.0. The highest BCUT2D eigenvalue weighted by atomic mass is 32.2. The second kappa shape index (κ2) is 8.60. The van der Waals surface area contributed by atoms with Gasteiger partial charge < -0.3 is 5.32 Å². The largest absolute Gasteiger partial charge is 0.310 e. The molecule has 1 aromatic carbocycles. The monoisotopic (exact) mass is 399 g/mol. The Bertz CT molecular complexity index is 854. The molecule has 1 amide bonds. The molecule has 0 radical (unpaired) electrons. The van der Waals surface area contributed by atoms with Crippen molar-refractivity contribution in [3.63, 3.8) is 0 Å². The van der Waals surface area contributed by atoms with E-state index in [1.54, 1.807) is 0 Å². The van der Waals surface area contributed by atoms with Crippen molar-refractivity contribution in [3.05, 3.63) is 41.6 Å². The van der Waals surface area contributed by atoms with Crippen molar-refractivity contribution in [3.8, 4) is 5.69 Å². The van der Waals surface area contributed by atoms with Crippen LogP contribution in [0, 0.1) is 11.8 Å². The number of carbonyl (C=O) groups is 1. The van der Waals surface area contributed by atoms with Gasteiger partial charge in [-0.1, -0.05) is 44.4 Å². The Hall–Kier alpha value is -1.95. The number of fused-ring (bicyclic) bond motifs is 1. The molecule has 0 unspecified atom stereocenters. The molecule has 1 aromatic heterocycles. The molecule has 0 spiro atoms. The van der Waals surface area contributed by atoms with Crippen LogP contribution in [0.5, 0.6) is 0 Å². The van der Waals surface area contributed by atoms with Gasteiger partial charge in [-0.15, -0.1) is 0 Å². The molecule has 150 valence electrons. The number of hydrogen-bond acceptors (Lipinski definition) is 3. The normalized spacial score (nSPS) is 24.1. The molecule has 1 saturated carbocycles. The molecule has 1 aliphatic carbocycles. The quantitative estimate of drug-likeness (QED) is 0.774. The van der Waals surface area contributed by atoms with E-state index in [9.17, 15) is 9.00 Å². The lowest BCUT2D eigenvalue weighted by molar-refractivity contribution is -0.121. The van der Waals surface area contributed by atoms with Crippen LogP contribution in [0.25, 0.3) is 5.69 Å². The third kappa shape index (κ3) is 4.07. The summed E-state index contributed by atoms with van der Waals surface area (Å²) in [7, 11) is -0.918. The number of anilines is 1. The molecule has 1 atom stereocenters. The molecule has 4 rings (SSSR count). The summed E-state index contributed by atoms with van der Waals surface area (Å²) >= 11 is 0. The maximum absolute atomic E-state index is 13.0. The van der Waals surface area contributed by atoms with E-state index in [4.69, 9.17) is 0 Å². The van der Waals surface area contributed by atoms with Gasteiger partial charge in [-0.2, -0.15) is 5.10 Å². The van der Waals surface area contributed by atoms with Crippen molar-refractivity contribution in [1.29, 1.82) is 0 Å². The number of para-hydroxylation sites is 1. The van der Waals surface area contributed by atoms with Crippen LogP contribution in [0.2, 0.25) is 0 Å². The highest BCUT2D eigenvalue weighted by Crippen LogP contribution is 2.35. The van der Waals surface area contributed by atoms with E-state index in [-0.39, 0.29) is 11.8 Å². The van der Waals surface area contributed by atoms with Crippen LogP contribution in [0.15, 0.2) is 30.3 Å². The third-order valence-corrected chi connectivity index (χ3v) is 7.30. The molecule has 1 fully saturated rings. The van der Waals surface area contributed by atoms with Gasteiger partial charge in [0, 0.05) is 22.3 Å². The zero-order valence-corrected chi connectivity index (χ0v) is 17.3. The Morgan fingerprint density at radius 1 is 1.18 bits per heavy atom. The van der Waals surface area contributed by atoms with Crippen LogP contribution in [0.1, 0.15) is 63.1 Å². The standard InChI is InChI=1S/C22H29N3O2S/c1-2-3-7-16-10-12-17(13-11-16)22(26)23-21-19-14-28(27)15-20(19)24-25(21)18-8-5-4-6-9-18/h4-6,8-9,16-17H,2-3,7,10-15H2,1H3,(H,23,26)/t16?,17?,28-/m0/s1. The number of nitrogens with one attached hydrogen (secondary N) is 1. The lowest BCUT2D eigenvalue weighted by atomic mass is 9.79. The number of carbonyl (C=O) groups excluding carboxylic acids is 1. The average Bonchev–Trinajstić information content (AvgIpc) is 3.24. The van der Waals surface area contributed by atoms with Crippen molar-refractivity contribution in [2.45, 2.75) is 63.4 Å². The van der Waals surface area contributed by atoms with Gasteiger partial charge in [0.2, 0.25) is 5.91 Å². The van der Waals surface area contributed by atoms with E-state index >= 15 is 0 Å². The Morgan fingerprint density at radius 3 is 2.64 bits per heavy atom. The highest BCUT2D eigenvalue weighted by molar-refractivity contribution is 7.83. The highest BCUT2D eigenvalue weighted by Gasteiger charge is 2.31. The van der Waals surface area contributed by atoms with Gasteiger partial charge in [0.1, 0.15) is 5.82 Å². The van der Waals surface area contributed by atoms with Gasteiger partial charge in [-0.05, 0) is 43.7 Å². The smallest absolute Gasteiger partial charge is 0.228 e. The van der Waals surface area contributed by atoms with Gasteiger partial charge in [0.25, 0.3) is 0 Å². The summed E-state index contributed by atoms with van der Waals surface area (Å²) in [5.41, 5.74) is 2.70. The summed E-state index contributed by atoms with van der Waals surface area (Å²) < 4.78 is 13.8. The minimum absolute atomic E-state index is 0.0690. The second-order valence-electron chi connectivity index (χ2n) is 8.10. The van der Waals surface area contributed by atoms with Crippen molar-refractivity contribution >= 4 is 22.5 Å². The third-order valence-electron chi connectivity index (χ3n) is 6.10. The fraction of sp³-hybridized carbons (Fsp3) is 0.545. The van der Waals surface area contributed by atoms with E-state index in [0.717, 1.165) is 48.5 Å². The minimum atomic E-state index is -0.918. The molecular weight excluding hydrogens is 370 g/mol. The summed E-state index contributed by atoms with van der Waals surface area (Å²) in [6.45, 7) is 2.24. The van der Waals surface area contributed by atoms with E-state index in [1.807, 2.05) is 35.0 Å². The summed E-state index contributed by atoms with van der Waals surface area (Å²) in [6.07, 6.45) is 8.07. The van der Waals surface area contributed by atoms with Gasteiger partial charge in [-0.3, -0.25) is 9.00 Å². The Kier molecular flexibility index (Phi) is 5.95. The maximum Gasteiger partial charge on any atom is 0.228 e. The van der Waals surface area contributed by atoms with Crippen molar-refractivity contribution < 1.29 is 9.00 Å². The number of amides is 1. The van der Waals surface area contributed by atoms with Gasteiger partial charge in [-0.25, -0.2) is 4.68 Å². The molecule has 0 saturated heterocycles. The molecule has 1 N–H and O–H groups in total. The fourth-order valence-corrected chi connectivity index (χ4v) is 5.70. The van der Waals surface area contributed by atoms with E-state index in [2.05, 4.69) is 17.3 Å². The Morgan fingerprint density at radius 2 is 1.93 bits per heavy atom. The van der Waals surface area contributed by atoms with Crippen molar-refractivity contribution in [2.75, 3.05) is 5.32 Å². The minimum Gasteiger partial charge on any atom is -0.310 e. The Balaban J connectivity index is 1.50. The topological polar surface area (TPSA) is 64.0 Å². The molecule has 2 heterocycles. The first-order valence-corrected chi connectivity index (χ1v) is 12.0. The van der Waals surface area contributed by atoms with Crippen LogP contribution in [0.4, 0.5) is 5.82 Å². The second-order valence-corrected chi connectivity index (χ2v) is 9.56. The van der Waals surface area contributed by atoms with Crippen LogP contribution in [-0.4, -0.2) is 19.9 Å². The predicted molar refractivity (Wildman–Crippen MR) is 113 cm³/mol. The summed E-state index contributed by atoms with van der Waals surface area (Å²) in [6, 6.07) is 9.85. The number of aromatic nitrogens is 2. The summed E-state index contributed by atoms with van der Waals surface area (Å²) in [4.78, 5) is 13.0. The molecule has 2 aromatic rings. The number of hydrogen-bond donors (Lipinski definition) is 1. The molecule has 6 heteroatoms. The lowest BCUT2D eigenvalue weighted by Gasteiger charge is -2.27. The zero-order valence-electron chi connectivity index (χ0n) is 16.5. The number of nitrogens with zero attached hydrogens (tertiary/aromatic N) is 2. The Labute approximate surface area is 169 Å². The van der Waals surface area contributed by atoms with E-state index < -0.39 is 10.8 Å². The number of benzene rings is 1. The van der Waals surface area contributed by atoms with E-state index in [1.165, 1.54) is 19.3 Å². The van der Waals surface area contributed by atoms with E-state index in [0.29, 0.717) is 17.3 Å². The SMILES string of the molecule is CCCCC1CCC(C(=O)Nc2c3c(nn2-c2ccccc2)C[S@@](=O)C3)CC1. The molecule has 2 aliphatic rings. The molecular formula is C22H29N3O2S. The molecule has 5 nitrogen and oxygen atoms in total. The van der Waals surface area contributed by atoms with Crippen molar-refractivity contribution in [1.82, 2.24) is 9.78 Å². The number of unbranched alkanes of at least 4 members (excludes halogenated alkanes) is 1. The van der Waals surface area contributed by atoms with Gasteiger partial charge in [0.05, 0.1) is 22.9 Å². The van der Waals surface area contributed by atoms with Crippen LogP contribution >= 0.6 is 0 Å². The first-order chi connectivity index (χ1) is 13.7. The first-order valence-electron chi connectivity index (χ1n) is 10.5. The van der Waals surface area contributed by atoms with Crippen LogP contribution in [0.3, 0.4) is 0 Å². The van der Waals surface area contributed by atoms with Crippen molar-refractivity contribution in [2.24, 2.45) is 11.8 Å². The fourth-order valence-electron chi connectivity index (χ4n) is 4.44. The molecule has 0 bridgehead atoms. The van der Waals surface area contributed by atoms with Crippen LogP contribution < -0.4 is 5.32 Å². The van der Waals surface area contributed by atoms with Gasteiger partial charge in [0.15, 0.2) is 0 Å². The number of rotatable bonds is 6. The predicted octanol–water partition coefficient (Wildman–Crippen LogP) is 4.57. The van der Waals surface area contributed by atoms with Gasteiger partial charge >= 0.3 is 0 Å². The first kappa shape index (κ1) is 19.4.